The summed E-state index contributed by atoms with van der Waals surface area (Å²) >= 11 is 5.98. The molecule has 1 N–H and O–H groups in total. The van der Waals surface area contributed by atoms with Crippen LogP contribution in [-0.4, -0.2) is 25.5 Å². The molecule has 1 amide bonds. The number of rotatable bonds is 4. The lowest BCUT2D eigenvalue weighted by Crippen LogP contribution is -2.15. The van der Waals surface area contributed by atoms with Crippen molar-refractivity contribution in [2.75, 3.05) is 5.32 Å². The molecule has 0 aliphatic carbocycles. The van der Waals surface area contributed by atoms with Crippen LogP contribution in [0.1, 0.15) is 28.9 Å². The smallest absolute Gasteiger partial charge is 0.252 e. The van der Waals surface area contributed by atoms with E-state index in [0.717, 1.165) is 28.2 Å². The molecule has 6 nitrogen and oxygen atoms in total. The van der Waals surface area contributed by atoms with Crippen LogP contribution in [0.3, 0.4) is 0 Å². The highest BCUT2D eigenvalue weighted by atomic mass is 35.5. The molecule has 0 saturated heterocycles. The number of nitrogens with zero attached hydrogens (tertiary/aromatic N) is 4. The molecular weight excluding hydrogens is 326 g/mol. The molecule has 0 aliphatic heterocycles. The zero-order chi connectivity index (χ0) is 17.3. The Morgan fingerprint density at radius 3 is 2.88 bits per heavy atom. The van der Waals surface area contributed by atoms with Crippen LogP contribution in [0.25, 0.3) is 5.78 Å². The van der Waals surface area contributed by atoms with Crippen molar-refractivity contribution in [3.05, 3.63) is 52.1 Å². The Balaban J connectivity index is 1.73. The highest BCUT2D eigenvalue weighted by molar-refractivity contribution is 6.31. The first kappa shape index (κ1) is 16.4. The Hall–Kier alpha value is -2.47. The quantitative estimate of drug-likeness (QED) is 0.789. The molecule has 0 bridgehead atoms. The van der Waals surface area contributed by atoms with E-state index in [1.165, 1.54) is 6.33 Å². The molecule has 0 unspecified atom stereocenters. The van der Waals surface area contributed by atoms with Gasteiger partial charge in [-0.1, -0.05) is 17.7 Å². The van der Waals surface area contributed by atoms with E-state index in [0.29, 0.717) is 23.6 Å². The van der Waals surface area contributed by atoms with Crippen LogP contribution < -0.4 is 5.32 Å². The molecule has 0 spiro atoms. The summed E-state index contributed by atoms with van der Waals surface area (Å²) in [4.78, 5) is 20.8. The average molecular weight is 344 g/mol. The van der Waals surface area contributed by atoms with Crippen LogP contribution in [0.15, 0.2) is 24.5 Å². The summed E-state index contributed by atoms with van der Waals surface area (Å²) in [6.45, 7) is 5.82. The summed E-state index contributed by atoms with van der Waals surface area (Å²) in [7, 11) is 0. The first-order valence-corrected chi connectivity index (χ1v) is 8.05. The summed E-state index contributed by atoms with van der Waals surface area (Å²) in [6, 6.07) is 5.45. The van der Waals surface area contributed by atoms with Gasteiger partial charge >= 0.3 is 0 Å². The number of aromatic nitrogens is 4. The van der Waals surface area contributed by atoms with Crippen molar-refractivity contribution in [2.24, 2.45) is 0 Å². The Bertz CT molecular complexity index is 919. The van der Waals surface area contributed by atoms with Gasteiger partial charge in [0.2, 0.25) is 5.91 Å². The molecule has 0 atom stereocenters. The van der Waals surface area contributed by atoms with E-state index in [-0.39, 0.29) is 5.91 Å². The molecule has 3 aromatic rings. The van der Waals surface area contributed by atoms with E-state index >= 15 is 0 Å². The predicted molar refractivity (Wildman–Crippen MR) is 93.4 cm³/mol. The number of hydrogen-bond donors (Lipinski definition) is 1. The number of hydrogen-bond acceptors (Lipinski definition) is 4. The van der Waals surface area contributed by atoms with Gasteiger partial charge in [-0.05, 0) is 50.5 Å². The number of carbonyl (C=O) groups excluding carboxylic acids is 1. The van der Waals surface area contributed by atoms with Gasteiger partial charge in [-0.15, -0.1) is 0 Å². The van der Waals surface area contributed by atoms with Gasteiger partial charge < -0.3 is 5.32 Å². The fraction of sp³-hybridized carbons (Fsp3) is 0.294. The first-order chi connectivity index (χ1) is 11.5. The summed E-state index contributed by atoms with van der Waals surface area (Å²) < 4.78 is 1.70. The highest BCUT2D eigenvalue weighted by Gasteiger charge is 2.13. The monoisotopic (exact) mass is 343 g/mol. The van der Waals surface area contributed by atoms with Crippen LogP contribution >= 0.6 is 11.6 Å². The van der Waals surface area contributed by atoms with Gasteiger partial charge in [-0.25, -0.2) is 9.50 Å². The van der Waals surface area contributed by atoms with Crippen molar-refractivity contribution >= 4 is 29.0 Å². The average Bonchev–Trinajstić information content (AvgIpc) is 2.99. The maximum absolute atomic E-state index is 12.3. The summed E-state index contributed by atoms with van der Waals surface area (Å²) in [6.07, 6.45) is 2.43. The van der Waals surface area contributed by atoms with Crippen molar-refractivity contribution in [3.8, 4) is 0 Å². The van der Waals surface area contributed by atoms with Crippen LogP contribution in [0.4, 0.5) is 5.69 Å². The van der Waals surface area contributed by atoms with E-state index in [1.807, 2.05) is 26.8 Å². The molecule has 124 valence electrons. The molecule has 0 aliphatic rings. The van der Waals surface area contributed by atoms with Gasteiger partial charge in [0.25, 0.3) is 5.78 Å². The summed E-state index contributed by atoms with van der Waals surface area (Å²) in [5.41, 5.74) is 4.57. The van der Waals surface area contributed by atoms with Gasteiger partial charge in [0.05, 0.1) is 0 Å². The fourth-order valence-corrected chi connectivity index (χ4v) is 2.87. The standard InChI is InChI=1S/C17H18ClN5O/c1-10-4-5-13(18)8-15(10)22-16(24)7-6-14-11(2)21-17-19-9-20-23(17)12(14)3/h4-5,8-9H,6-7H2,1-3H3,(H,22,24). The predicted octanol–water partition coefficient (Wildman–Crippen LogP) is 3.27. The van der Waals surface area contributed by atoms with E-state index < -0.39 is 0 Å². The second kappa shape index (κ2) is 6.57. The van der Waals surface area contributed by atoms with Crippen LogP contribution in [-0.2, 0) is 11.2 Å². The maximum Gasteiger partial charge on any atom is 0.252 e. The van der Waals surface area contributed by atoms with Crippen LogP contribution in [0, 0.1) is 20.8 Å². The topological polar surface area (TPSA) is 72.2 Å². The SMILES string of the molecule is Cc1ccc(Cl)cc1NC(=O)CCc1c(C)nc2ncnn2c1C. The molecule has 1 aromatic carbocycles. The second-order valence-electron chi connectivity index (χ2n) is 5.74. The van der Waals surface area contributed by atoms with Crippen molar-refractivity contribution in [1.29, 1.82) is 0 Å². The van der Waals surface area contributed by atoms with Crippen LogP contribution in [0.5, 0.6) is 0 Å². The Morgan fingerprint density at radius 2 is 2.08 bits per heavy atom. The van der Waals surface area contributed by atoms with E-state index in [9.17, 15) is 4.79 Å². The summed E-state index contributed by atoms with van der Waals surface area (Å²) in [5.74, 6) is 0.519. The van der Waals surface area contributed by atoms with Gasteiger partial charge in [0, 0.05) is 28.5 Å². The number of carbonyl (C=O) groups is 1. The third kappa shape index (κ3) is 3.23. The molecule has 0 radical (unpaired) electrons. The number of halogens is 1. The lowest BCUT2D eigenvalue weighted by molar-refractivity contribution is -0.116. The maximum atomic E-state index is 12.3. The van der Waals surface area contributed by atoms with E-state index in [1.54, 1.807) is 16.6 Å². The lowest BCUT2D eigenvalue weighted by atomic mass is 10.1. The number of benzene rings is 1. The normalized spacial score (nSPS) is 11.0. The van der Waals surface area contributed by atoms with E-state index in [4.69, 9.17) is 11.6 Å². The van der Waals surface area contributed by atoms with Gasteiger partial charge in [-0.2, -0.15) is 10.1 Å². The van der Waals surface area contributed by atoms with Crippen LogP contribution in [0.2, 0.25) is 5.02 Å². The van der Waals surface area contributed by atoms with E-state index in [2.05, 4.69) is 20.4 Å². The molecule has 0 saturated carbocycles. The number of nitrogens with one attached hydrogen (secondary N) is 1. The van der Waals surface area contributed by atoms with Gasteiger partial charge in [-0.3, -0.25) is 4.79 Å². The fourth-order valence-electron chi connectivity index (χ4n) is 2.70. The Labute approximate surface area is 144 Å². The second-order valence-corrected chi connectivity index (χ2v) is 6.18. The number of fused-ring (bicyclic) bond motifs is 1. The minimum atomic E-state index is -0.0575. The largest absolute Gasteiger partial charge is 0.326 e. The molecule has 0 fully saturated rings. The summed E-state index contributed by atoms with van der Waals surface area (Å²) in [5, 5.41) is 7.68. The number of amides is 1. The van der Waals surface area contributed by atoms with Crippen molar-refractivity contribution in [3.63, 3.8) is 0 Å². The molecular formula is C17H18ClN5O. The van der Waals surface area contributed by atoms with Crippen molar-refractivity contribution in [1.82, 2.24) is 19.6 Å². The third-order valence-corrected chi connectivity index (χ3v) is 4.30. The first-order valence-electron chi connectivity index (χ1n) is 7.67. The van der Waals surface area contributed by atoms with Gasteiger partial charge in [0.1, 0.15) is 6.33 Å². The van der Waals surface area contributed by atoms with Gasteiger partial charge in [0.15, 0.2) is 0 Å². The molecule has 2 aromatic heterocycles. The Kier molecular flexibility index (Phi) is 4.49. The minimum absolute atomic E-state index is 0.0575. The van der Waals surface area contributed by atoms with Crippen molar-refractivity contribution < 1.29 is 4.79 Å². The van der Waals surface area contributed by atoms with Crippen molar-refractivity contribution in [2.45, 2.75) is 33.6 Å². The zero-order valence-corrected chi connectivity index (χ0v) is 14.6. The third-order valence-electron chi connectivity index (χ3n) is 4.06. The molecule has 3 rings (SSSR count). The number of anilines is 1. The molecule has 24 heavy (non-hydrogen) atoms. The minimum Gasteiger partial charge on any atom is -0.326 e. The molecule has 7 heteroatoms. The lowest BCUT2D eigenvalue weighted by Gasteiger charge is -2.11. The highest BCUT2D eigenvalue weighted by Crippen LogP contribution is 2.21. The number of aryl methyl sites for hydroxylation is 3. The molecule has 2 heterocycles. The zero-order valence-electron chi connectivity index (χ0n) is 13.8. The Morgan fingerprint density at radius 1 is 1.29 bits per heavy atom.